The van der Waals surface area contributed by atoms with E-state index in [2.05, 4.69) is 0 Å². The summed E-state index contributed by atoms with van der Waals surface area (Å²) in [4.78, 5) is 0. The standard InChI is InChI=1S/C8H14BF3O/c9-7(13)5-1-3-6(4-2-5)8(10,11)12/h5-7,13H,1-4,9H2. The van der Waals surface area contributed by atoms with E-state index in [4.69, 9.17) is 0 Å². The highest BCUT2D eigenvalue weighted by Crippen LogP contribution is 2.39. The fraction of sp³-hybridized carbons (Fsp3) is 1.00. The largest absolute Gasteiger partial charge is 0.402 e. The predicted molar refractivity (Wildman–Crippen MR) is 46.1 cm³/mol. The van der Waals surface area contributed by atoms with Crippen LogP contribution in [0.5, 0.6) is 0 Å². The van der Waals surface area contributed by atoms with E-state index < -0.39 is 18.1 Å². The van der Waals surface area contributed by atoms with Crippen LogP contribution in [0.4, 0.5) is 13.2 Å². The van der Waals surface area contributed by atoms with Gasteiger partial charge in [0.2, 0.25) is 0 Å². The molecule has 0 radical (unpaired) electrons. The fourth-order valence-electron chi connectivity index (χ4n) is 1.93. The van der Waals surface area contributed by atoms with E-state index in [0.717, 1.165) is 0 Å². The summed E-state index contributed by atoms with van der Waals surface area (Å²) in [6, 6.07) is -0.464. The average molecular weight is 194 g/mol. The van der Waals surface area contributed by atoms with Gasteiger partial charge in [0.1, 0.15) is 7.85 Å². The Hall–Kier alpha value is -0.185. The second-order valence-corrected chi connectivity index (χ2v) is 3.89. The highest BCUT2D eigenvalue weighted by molar-refractivity contribution is 6.10. The molecular formula is C8H14BF3O. The van der Waals surface area contributed by atoms with Gasteiger partial charge in [-0.15, -0.1) is 0 Å². The minimum Gasteiger partial charge on any atom is -0.402 e. The molecule has 1 saturated carbocycles. The molecule has 76 valence electrons. The van der Waals surface area contributed by atoms with E-state index in [9.17, 15) is 18.3 Å². The number of aliphatic hydroxyl groups is 1. The molecule has 1 N–H and O–H groups in total. The first-order chi connectivity index (χ1) is 5.91. The third-order valence-electron chi connectivity index (χ3n) is 2.92. The lowest BCUT2D eigenvalue weighted by Gasteiger charge is -2.31. The fourth-order valence-corrected chi connectivity index (χ4v) is 1.93. The summed E-state index contributed by atoms with van der Waals surface area (Å²) >= 11 is 0. The highest BCUT2D eigenvalue weighted by Gasteiger charge is 2.41. The van der Waals surface area contributed by atoms with Crippen molar-refractivity contribution in [2.45, 2.75) is 37.9 Å². The van der Waals surface area contributed by atoms with Crippen LogP contribution in [0, 0.1) is 11.8 Å². The Balaban J connectivity index is 2.39. The molecule has 0 aromatic heterocycles. The molecule has 1 aliphatic rings. The van der Waals surface area contributed by atoms with Gasteiger partial charge in [0, 0.05) is 6.00 Å². The van der Waals surface area contributed by atoms with E-state index in [1.165, 1.54) is 0 Å². The monoisotopic (exact) mass is 194 g/mol. The smallest absolute Gasteiger partial charge is 0.391 e. The van der Waals surface area contributed by atoms with Crippen LogP contribution in [-0.4, -0.2) is 25.1 Å². The van der Waals surface area contributed by atoms with Crippen molar-refractivity contribution in [3.8, 4) is 0 Å². The van der Waals surface area contributed by atoms with Crippen LogP contribution in [0.25, 0.3) is 0 Å². The van der Waals surface area contributed by atoms with Gasteiger partial charge in [-0.3, -0.25) is 0 Å². The Kier molecular flexibility index (Phi) is 3.27. The zero-order chi connectivity index (χ0) is 10.1. The summed E-state index contributed by atoms with van der Waals surface area (Å²) in [6.45, 7) is 0. The zero-order valence-corrected chi connectivity index (χ0v) is 7.64. The maximum absolute atomic E-state index is 12.2. The Morgan fingerprint density at radius 1 is 1.15 bits per heavy atom. The molecule has 0 aromatic rings. The molecule has 0 aromatic carbocycles. The molecule has 1 nitrogen and oxygen atoms in total. The maximum atomic E-state index is 12.2. The molecule has 1 aliphatic carbocycles. The van der Waals surface area contributed by atoms with Crippen LogP contribution in [0.1, 0.15) is 25.7 Å². The molecule has 0 saturated heterocycles. The van der Waals surface area contributed by atoms with Crippen LogP contribution in [-0.2, 0) is 0 Å². The number of hydrogen-bond donors (Lipinski definition) is 1. The molecule has 1 rings (SSSR count). The van der Waals surface area contributed by atoms with Crippen LogP contribution >= 0.6 is 0 Å². The summed E-state index contributed by atoms with van der Waals surface area (Å²) in [5, 5.41) is 9.18. The molecular weight excluding hydrogens is 180 g/mol. The second kappa shape index (κ2) is 3.90. The predicted octanol–water partition coefficient (Wildman–Crippen LogP) is 1.31. The van der Waals surface area contributed by atoms with Gasteiger partial charge in [-0.2, -0.15) is 13.2 Å². The van der Waals surface area contributed by atoms with Crippen molar-refractivity contribution in [2.75, 3.05) is 0 Å². The molecule has 0 aliphatic heterocycles. The molecule has 0 heterocycles. The summed E-state index contributed by atoms with van der Waals surface area (Å²) < 4.78 is 36.6. The average Bonchev–Trinajstić information content (AvgIpc) is 2.03. The van der Waals surface area contributed by atoms with Gasteiger partial charge in [0.15, 0.2) is 0 Å². The van der Waals surface area contributed by atoms with Crippen molar-refractivity contribution < 1.29 is 18.3 Å². The molecule has 5 heteroatoms. The highest BCUT2D eigenvalue weighted by atomic mass is 19.4. The van der Waals surface area contributed by atoms with Gasteiger partial charge in [-0.25, -0.2) is 0 Å². The van der Waals surface area contributed by atoms with Gasteiger partial charge >= 0.3 is 6.18 Å². The van der Waals surface area contributed by atoms with E-state index in [1.54, 1.807) is 7.85 Å². The summed E-state index contributed by atoms with van der Waals surface area (Å²) in [5.74, 6) is -1.07. The molecule has 0 spiro atoms. The number of hydrogen-bond acceptors (Lipinski definition) is 1. The topological polar surface area (TPSA) is 20.2 Å². The normalized spacial score (nSPS) is 32.9. The van der Waals surface area contributed by atoms with Crippen molar-refractivity contribution in [3.05, 3.63) is 0 Å². The Labute approximate surface area is 76.7 Å². The zero-order valence-electron chi connectivity index (χ0n) is 7.64. The minimum absolute atomic E-state index is 0.0681. The number of halogens is 3. The van der Waals surface area contributed by atoms with E-state index in [0.29, 0.717) is 12.8 Å². The Morgan fingerprint density at radius 3 is 1.92 bits per heavy atom. The lowest BCUT2D eigenvalue weighted by Crippen LogP contribution is -2.32. The lowest BCUT2D eigenvalue weighted by molar-refractivity contribution is -0.184. The second-order valence-electron chi connectivity index (χ2n) is 3.89. The third-order valence-corrected chi connectivity index (χ3v) is 2.92. The van der Waals surface area contributed by atoms with Crippen molar-refractivity contribution >= 4 is 7.85 Å². The summed E-state index contributed by atoms with van der Waals surface area (Å²) in [5.41, 5.74) is 0. The number of aliphatic hydroxyl groups excluding tert-OH is 1. The maximum Gasteiger partial charge on any atom is 0.391 e. The Morgan fingerprint density at radius 2 is 1.62 bits per heavy atom. The SMILES string of the molecule is BC(O)C1CCC(C(F)(F)F)CC1. The van der Waals surface area contributed by atoms with Gasteiger partial charge in [-0.05, 0) is 31.6 Å². The molecule has 1 unspecified atom stereocenters. The number of alkyl halides is 3. The van der Waals surface area contributed by atoms with Crippen molar-refractivity contribution in [1.82, 2.24) is 0 Å². The van der Waals surface area contributed by atoms with Crippen molar-refractivity contribution in [1.29, 1.82) is 0 Å². The van der Waals surface area contributed by atoms with E-state index in [-0.39, 0.29) is 18.8 Å². The first-order valence-corrected chi connectivity index (χ1v) is 4.66. The van der Waals surface area contributed by atoms with Gasteiger partial charge in [-0.1, -0.05) is 0 Å². The van der Waals surface area contributed by atoms with Gasteiger partial charge in [0.05, 0.1) is 5.92 Å². The van der Waals surface area contributed by atoms with Crippen molar-refractivity contribution in [2.24, 2.45) is 11.8 Å². The van der Waals surface area contributed by atoms with Crippen LogP contribution in [0.2, 0.25) is 0 Å². The van der Waals surface area contributed by atoms with Crippen LogP contribution < -0.4 is 0 Å². The number of rotatable bonds is 1. The molecule has 13 heavy (non-hydrogen) atoms. The first kappa shape index (κ1) is 10.9. The molecule has 0 bridgehead atoms. The summed E-state index contributed by atoms with van der Waals surface area (Å²) in [6.07, 6.45) is -2.68. The molecule has 1 fully saturated rings. The van der Waals surface area contributed by atoms with E-state index >= 15 is 0 Å². The van der Waals surface area contributed by atoms with Crippen LogP contribution in [0.15, 0.2) is 0 Å². The lowest BCUT2D eigenvalue weighted by atomic mass is 9.74. The first-order valence-electron chi connectivity index (χ1n) is 4.66. The molecule has 0 amide bonds. The van der Waals surface area contributed by atoms with Crippen molar-refractivity contribution in [3.63, 3.8) is 0 Å². The Bertz CT molecular complexity index is 161. The van der Waals surface area contributed by atoms with Gasteiger partial charge < -0.3 is 5.11 Å². The third kappa shape index (κ3) is 2.90. The minimum atomic E-state index is -4.04. The summed E-state index contributed by atoms with van der Waals surface area (Å²) in [7, 11) is 1.65. The van der Waals surface area contributed by atoms with Gasteiger partial charge in [0.25, 0.3) is 0 Å². The quantitative estimate of drug-likeness (QED) is 0.624. The van der Waals surface area contributed by atoms with E-state index in [1.807, 2.05) is 0 Å². The molecule has 1 atom stereocenters. The van der Waals surface area contributed by atoms with Crippen LogP contribution in [0.3, 0.4) is 0 Å².